The number of rotatable bonds is 12. The Morgan fingerprint density at radius 3 is 2.28 bits per heavy atom. The molecule has 0 heterocycles. The molecular formula is C12H23NO5. The molecule has 0 aromatic carbocycles. The first-order valence-corrected chi connectivity index (χ1v) is 6.30. The summed E-state index contributed by atoms with van der Waals surface area (Å²) in [5.74, 6) is -1.85. The smallest absolute Gasteiger partial charge is 0.317 e. The summed E-state index contributed by atoms with van der Waals surface area (Å²) < 4.78 is 5.36. The largest absolute Gasteiger partial charge is 0.481 e. The van der Waals surface area contributed by atoms with Gasteiger partial charge in [0, 0.05) is 26.3 Å². The molecule has 0 aromatic heterocycles. The zero-order valence-corrected chi connectivity index (χ0v) is 10.9. The molecule has 0 radical (unpaired) electrons. The lowest BCUT2D eigenvalue weighted by Gasteiger charge is -2.19. The van der Waals surface area contributed by atoms with Crippen molar-refractivity contribution >= 4 is 11.9 Å². The van der Waals surface area contributed by atoms with Crippen molar-refractivity contribution in [3.63, 3.8) is 0 Å². The Kier molecular flexibility index (Phi) is 10.3. The fourth-order valence-electron chi connectivity index (χ4n) is 1.45. The molecule has 0 spiro atoms. The molecule has 6 heteroatoms. The van der Waals surface area contributed by atoms with Gasteiger partial charge in [-0.15, -0.1) is 0 Å². The van der Waals surface area contributed by atoms with Gasteiger partial charge in [0.25, 0.3) is 0 Å². The van der Waals surface area contributed by atoms with Gasteiger partial charge in [-0.2, -0.15) is 0 Å². The monoisotopic (exact) mass is 261 g/mol. The molecule has 18 heavy (non-hydrogen) atoms. The summed E-state index contributed by atoms with van der Waals surface area (Å²) in [4.78, 5) is 22.7. The molecule has 0 atom stereocenters. The molecular weight excluding hydrogens is 238 g/mol. The second-order valence-corrected chi connectivity index (χ2v) is 4.13. The second-order valence-electron chi connectivity index (χ2n) is 4.13. The van der Waals surface area contributed by atoms with E-state index in [4.69, 9.17) is 14.9 Å². The van der Waals surface area contributed by atoms with Crippen molar-refractivity contribution in [3.8, 4) is 0 Å². The maximum Gasteiger partial charge on any atom is 0.317 e. The lowest BCUT2D eigenvalue weighted by molar-refractivity contribution is -0.141. The van der Waals surface area contributed by atoms with Crippen LogP contribution in [0.15, 0.2) is 0 Å². The van der Waals surface area contributed by atoms with Crippen molar-refractivity contribution in [2.45, 2.75) is 32.6 Å². The Labute approximate surface area is 108 Å². The predicted molar refractivity (Wildman–Crippen MR) is 66.7 cm³/mol. The van der Waals surface area contributed by atoms with Crippen LogP contribution in [0, 0.1) is 0 Å². The van der Waals surface area contributed by atoms with Crippen molar-refractivity contribution in [2.24, 2.45) is 0 Å². The number of unbranched alkanes of at least 4 members (excludes halogenated alkanes) is 1. The lowest BCUT2D eigenvalue weighted by Crippen LogP contribution is -2.33. The van der Waals surface area contributed by atoms with Crippen molar-refractivity contribution in [1.82, 2.24) is 4.90 Å². The van der Waals surface area contributed by atoms with Crippen LogP contribution in [0.2, 0.25) is 0 Å². The van der Waals surface area contributed by atoms with Crippen LogP contribution in [-0.2, 0) is 14.3 Å². The van der Waals surface area contributed by atoms with E-state index in [0.717, 1.165) is 25.9 Å². The Morgan fingerprint density at radius 1 is 1.06 bits per heavy atom. The SMILES string of the molecule is CCCCOCCCN(CCC(=O)O)CC(=O)O. The minimum atomic E-state index is -0.938. The van der Waals surface area contributed by atoms with Gasteiger partial charge in [0.1, 0.15) is 0 Å². The van der Waals surface area contributed by atoms with Crippen LogP contribution in [0.1, 0.15) is 32.6 Å². The van der Waals surface area contributed by atoms with E-state index in [1.165, 1.54) is 0 Å². The first-order chi connectivity index (χ1) is 8.56. The number of carboxylic acid groups (broad SMARTS) is 2. The third-order valence-electron chi connectivity index (χ3n) is 2.41. The van der Waals surface area contributed by atoms with E-state index in [-0.39, 0.29) is 19.5 Å². The average Bonchev–Trinajstić information content (AvgIpc) is 2.29. The van der Waals surface area contributed by atoms with Crippen LogP contribution in [0.4, 0.5) is 0 Å². The van der Waals surface area contributed by atoms with Crippen molar-refractivity contribution in [3.05, 3.63) is 0 Å². The molecule has 6 nitrogen and oxygen atoms in total. The topological polar surface area (TPSA) is 87.1 Å². The van der Waals surface area contributed by atoms with Gasteiger partial charge in [-0.3, -0.25) is 14.5 Å². The summed E-state index contributed by atoms with van der Waals surface area (Å²) in [6.45, 7) is 4.09. The number of nitrogens with zero attached hydrogens (tertiary/aromatic N) is 1. The number of hydrogen-bond acceptors (Lipinski definition) is 4. The van der Waals surface area contributed by atoms with E-state index in [9.17, 15) is 9.59 Å². The number of ether oxygens (including phenoxy) is 1. The van der Waals surface area contributed by atoms with Crippen LogP contribution >= 0.6 is 0 Å². The first kappa shape index (κ1) is 16.9. The number of hydrogen-bond donors (Lipinski definition) is 2. The Hall–Kier alpha value is -1.14. The highest BCUT2D eigenvalue weighted by molar-refractivity contribution is 5.69. The molecule has 0 amide bonds. The van der Waals surface area contributed by atoms with Gasteiger partial charge in [0.2, 0.25) is 0 Å². The zero-order valence-electron chi connectivity index (χ0n) is 10.9. The summed E-state index contributed by atoms with van der Waals surface area (Å²) in [6.07, 6.45) is 2.79. The molecule has 106 valence electrons. The van der Waals surface area contributed by atoms with Gasteiger partial charge in [-0.25, -0.2) is 0 Å². The highest BCUT2D eigenvalue weighted by atomic mass is 16.5. The van der Waals surface area contributed by atoms with E-state index >= 15 is 0 Å². The highest BCUT2D eigenvalue weighted by Crippen LogP contribution is 1.96. The molecule has 2 N–H and O–H groups in total. The molecule has 0 unspecified atom stereocenters. The lowest BCUT2D eigenvalue weighted by atomic mass is 10.3. The Balaban J connectivity index is 3.71. The van der Waals surface area contributed by atoms with Crippen LogP contribution < -0.4 is 0 Å². The minimum absolute atomic E-state index is 0.0377. The zero-order chi connectivity index (χ0) is 13.8. The molecule has 0 aliphatic heterocycles. The molecule has 0 aliphatic carbocycles. The molecule has 0 saturated heterocycles. The average molecular weight is 261 g/mol. The van der Waals surface area contributed by atoms with E-state index in [2.05, 4.69) is 6.92 Å². The molecule has 0 rings (SSSR count). The first-order valence-electron chi connectivity index (χ1n) is 6.30. The minimum Gasteiger partial charge on any atom is -0.481 e. The van der Waals surface area contributed by atoms with E-state index in [1.54, 1.807) is 4.90 Å². The fraction of sp³-hybridized carbons (Fsp3) is 0.833. The quantitative estimate of drug-likeness (QED) is 0.511. The van der Waals surface area contributed by atoms with Crippen LogP contribution in [0.3, 0.4) is 0 Å². The third-order valence-corrected chi connectivity index (χ3v) is 2.41. The molecule has 0 aromatic rings. The van der Waals surface area contributed by atoms with Crippen molar-refractivity contribution in [1.29, 1.82) is 0 Å². The van der Waals surface area contributed by atoms with Gasteiger partial charge in [-0.05, 0) is 12.8 Å². The Morgan fingerprint density at radius 2 is 1.72 bits per heavy atom. The van der Waals surface area contributed by atoms with Gasteiger partial charge in [-0.1, -0.05) is 13.3 Å². The second kappa shape index (κ2) is 11.0. The van der Waals surface area contributed by atoms with Crippen molar-refractivity contribution in [2.75, 3.05) is 32.8 Å². The normalized spacial score (nSPS) is 10.8. The molecule has 0 bridgehead atoms. The molecule has 0 saturated carbocycles. The third kappa shape index (κ3) is 11.3. The van der Waals surface area contributed by atoms with Gasteiger partial charge in [0.05, 0.1) is 13.0 Å². The van der Waals surface area contributed by atoms with Crippen LogP contribution in [-0.4, -0.2) is 59.9 Å². The summed E-state index contributed by atoms with van der Waals surface area (Å²) in [5, 5.41) is 17.3. The predicted octanol–water partition coefficient (Wildman–Crippen LogP) is 1.05. The van der Waals surface area contributed by atoms with E-state index in [1.807, 2.05) is 0 Å². The van der Waals surface area contributed by atoms with E-state index < -0.39 is 11.9 Å². The van der Waals surface area contributed by atoms with Crippen molar-refractivity contribution < 1.29 is 24.5 Å². The Bertz CT molecular complexity index is 245. The van der Waals surface area contributed by atoms with Gasteiger partial charge in [0.15, 0.2) is 0 Å². The highest BCUT2D eigenvalue weighted by Gasteiger charge is 2.10. The van der Waals surface area contributed by atoms with E-state index in [0.29, 0.717) is 13.2 Å². The van der Waals surface area contributed by atoms with Gasteiger partial charge >= 0.3 is 11.9 Å². The van der Waals surface area contributed by atoms with Gasteiger partial charge < -0.3 is 14.9 Å². The molecule has 0 fully saturated rings. The maximum absolute atomic E-state index is 10.6. The van der Waals surface area contributed by atoms with Crippen LogP contribution in [0.5, 0.6) is 0 Å². The summed E-state index contributed by atoms with van der Waals surface area (Å²) in [7, 11) is 0. The summed E-state index contributed by atoms with van der Waals surface area (Å²) >= 11 is 0. The van der Waals surface area contributed by atoms with Crippen LogP contribution in [0.25, 0.3) is 0 Å². The summed E-state index contributed by atoms with van der Waals surface area (Å²) in [5.41, 5.74) is 0. The number of carbonyl (C=O) groups is 2. The number of carboxylic acids is 2. The maximum atomic E-state index is 10.6. The fourth-order valence-corrected chi connectivity index (χ4v) is 1.45. The summed E-state index contributed by atoms with van der Waals surface area (Å²) in [6, 6.07) is 0. The standard InChI is InChI=1S/C12H23NO5/c1-2-3-8-18-9-4-6-13(10-12(16)17)7-5-11(14)15/h2-10H2,1H3,(H,14,15)(H,16,17). The molecule has 0 aliphatic rings. The number of aliphatic carboxylic acids is 2.